The van der Waals surface area contributed by atoms with Crippen molar-refractivity contribution in [3.05, 3.63) is 47.2 Å². The molecule has 126 valence electrons. The van der Waals surface area contributed by atoms with Crippen molar-refractivity contribution >= 4 is 38.7 Å². The van der Waals surface area contributed by atoms with Gasteiger partial charge >= 0.3 is 0 Å². The third-order valence-corrected chi connectivity index (χ3v) is 6.25. The van der Waals surface area contributed by atoms with Crippen LogP contribution in [0.15, 0.2) is 45.3 Å². The van der Waals surface area contributed by atoms with E-state index in [2.05, 4.69) is 20.2 Å². The molecule has 3 heterocycles. The van der Waals surface area contributed by atoms with Crippen LogP contribution in [0.1, 0.15) is 17.6 Å². The van der Waals surface area contributed by atoms with Crippen LogP contribution in [0, 0.1) is 6.92 Å². The molecule has 0 atom stereocenters. The second-order valence-electron chi connectivity index (χ2n) is 5.06. The minimum atomic E-state index is -3.59. The number of aryl methyl sites for hydroxylation is 2. The largest absolute Gasteiger partial charge is 0.360 e. The van der Waals surface area contributed by atoms with E-state index in [0.717, 1.165) is 11.3 Å². The fourth-order valence-electron chi connectivity index (χ4n) is 1.98. The number of aromatic nitrogens is 2. The van der Waals surface area contributed by atoms with Crippen molar-refractivity contribution in [2.24, 2.45) is 0 Å². The zero-order valence-electron chi connectivity index (χ0n) is 13.1. The first-order chi connectivity index (χ1) is 11.5. The van der Waals surface area contributed by atoms with Crippen LogP contribution in [0.2, 0.25) is 0 Å². The number of nitrogens with one attached hydrogen (secondary N) is 2. The summed E-state index contributed by atoms with van der Waals surface area (Å²) in [5.41, 5.74) is 0.392. The fraction of sp³-hybridized carbons (Fsp3) is 0.200. The third-order valence-electron chi connectivity index (χ3n) is 3.15. The van der Waals surface area contributed by atoms with Gasteiger partial charge in [0.2, 0.25) is 0 Å². The molecule has 0 unspecified atom stereocenters. The highest BCUT2D eigenvalue weighted by Crippen LogP contribution is 2.24. The standard InChI is InChI=1S/C15H16N4O3S2/c1-3-12-5-7-15(23-12)24(20,21)19-11-4-6-13(16-9-11)17-14-8-10(2)22-18-14/h4-9,19H,3H2,1-2H3,(H,16,17,18). The normalized spacial score (nSPS) is 11.4. The van der Waals surface area contributed by atoms with E-state index < -0.39 is 10.0 Å². The minimum Gasteiger partial charge on any atom is -0.360 e. The van der Waals surface area contributed by atoms with E-state index in [1.807, 2.05) is 13.0 Å². The molecule has 0 bridgehead atoms. The Bertz CT molecular complexity index is 930. The first-order valence-corrected chi connectivity index (χ1v) is 9.54. The van der Waals surface area contributed by atoms with Gasteiger partial charge in [-0.15, -0.1) is 11.3 Å². The maximum absolute atomic E-state index is 12.3. The Balaban J connectivity index is 1.71. The van der Waals surface area contributed by atoms with E-state index in [-0.39, 0.29) is 0 Å². The molecule has 0 aliphatic heterocycles. The van der Waals surface area contributed by atoms with Gasteiger partial charge in [0.25, 0.3) is 10.0 Å². The summed E-state index contributed by atoms with van der Waals surface area (Å²) < 4.78 is 32.5. The van der Waals surface area contributed by atoms with Gasteiger partial charge in [-0.3, -0.25) is 4.72 Å². The first-order valence-electron chi connectivity index (χ1n) is 7.24. The molecule has 0 fully saturated rings. The van der Waals surface area contributed by atoms with E-state index >= 15 is 0 Å². The van der Waals surface area contributed by atoms with Crippen LogP contribution in [-0.4, -0.2) is 18.6 Å². The molecular formula is C15H16N4O3S2. The molecule has 0 saturated heterocycles. The quantitative estimate of drug-likeness (QED) is 0.694. The lowest BCUT2D eigenvalue weighted by atomic mass is 10.4. The molecule has 2 N–H and O–H groups in total. The van der Waals surface area contributed by atoms with Crippen LogP contribution >= 0.6 is 11.3 Å². The Kier molecular flexibility index (Phi) is 4.54. The molecule has 0 radical (unpaired) electrons. The summed E-state index contributed by atoms with van der Waals surface area (Å²) >= 11 is 1.26. The molecule has 3 rings (SSSR count). The zero-order valence-corrected chi connectivity index (χ0v) is 14.7. The fourth-order valence-corrected chi connectivity index (χ4v) is 4.32. The van der Waals surface area contributed by atoms with Crippen molar-refractivity contribution in [3.63, 3.8) is 0 Å². The molecule has 9 heteroatoms. The molecule has 24 heavy (non-hydrogen) atoms. The summed E-state index contributed by atoms with van der Waals surface area (Å²) in [5, 5.41) is 6.77. The van der Waals surface area contributed by atoms with Crippen LogP contribution in [0.3, 0.4) is 0 Å². The highest BCUT2D eigenvalue weighted by atomic mass is 32.2. The molecule has 0 aromatic carbocycles. The molecule has 3 aromatic heterocycles. The maximum Gasteiger partial charge on any atom is 0.271 e. The Morgan fingerprint density at radius 1 is 1.21 bits per heavy atom. The second-order valence-corrected chi connectivity index (χ2v) is 8.14. The maximum atomic E-state index is 12.3. The number of nitrogens with zero attached hydrogens (tertiary/aromatic N) is 2. The van der Waals surface area contributed by atoms with Crippen LogP contribution in [0.25, 0.3) is 0 Å². The van der Waals surface area contributed by atoms with Crippen LogP contribution in [0.4, 0.5) is 17.3 Å². The van der Waals surface area contributed by atoms with Crippen molar-refractivity contribution in [1.82, 2.24) is 10.1 Å². The summed E-state index contributed by atoms with van der Waals surface area (Å²) in [6, 6.07) is 8.47. The highest BCUT2D eigenvalue weighted by molar-refractivity contribution is 7.94. The van der Waals surface area contributed by atoms with Gasteiger partial charge in [-0.25, -0.2) is 13.4 Å². The summed E-state index contributed by atoms with van der Waals surface area (Å²) in [4.78, 5) is 5.19. The number of anilines is 3. The molecule has 0 aliphatic rings. The summed E-state index contributed by atoms with van der Waals surface area (Å²) in [6.07, 6.45) is 2.25. The molecule has 0 aliphatic carbocycles. The van der Waals surface area contributed by atoms with Gasteiger partial charge in [-0.1, -0.05) is 12.1 Å². The van der Waals surface area contributed by atoms with Gasteiger partial charge in [0.15, 0.2) is 5.82 Å². The summed E-state index contributed by atoms with van der Waals surface area (Å²) in [5.74, 6) is 1.76. The van der Waals surface area contributed by atoms with E-state index in [4.69, 9.17) is 4.52 Å². The zero-order chi connectivity index (χ0) is 17.2. The van der Waals surface area contributed by atoms with E-state index in [0.29, 0.717) is 27.3 Å². The smallest absolute Gasteiger partial charge is 0.271 e. The van der Waals surface area contributed by atoms with Gasteiger partial charge in [0, 0.05) is 10.9 Å². The van der Waals surface area contributed by atoms with E-state index in [1.54, 1.807) is 31.2 Å². The Hall–Kier alpha value is -2.39. The van der Waals surface area contributed by atoms with Gasteiger partial charge in [-0.2, -0.15) is 0 Å². The van der Waals surface area contributed by atoms with Crippen molar-refractivity contribution < 1.29 is 12.9 Å². The van der Waals surface area contributed by atoms with Crippen molar-refractivity contribution in [1.29, 1.82) is 0 Å². The number of sulfonamides is 1. The lowest BCUT2D eigenvalue weighted by molar-refractivity contribution is 0.400. The van der Waals surface area contributed by atoms with Gasteiger partial charge in [0.1, 0.15) is 15.8 Å². The summed E-state index contributed by atoms with van der Waals surface area (Å²) in [7, 11) is -3.59. The first kappa shape index (κ1) is 16.5. The van der Waals surface area contributed by atoms with Gasteiger partial charge in [0.05, 0.1) is 11.9 Å². The van der Waals surface area contributed by atoms with Gasteiger partial charge < -0.3 is 9.84 Å². The van der Waals surface area contributed by atoms with E-state index in [1.165, 1.54) is 17.5 Å². The lowest BCUT2D eigenvalue weighted by Crippen LogP contribution is -2.11. The predicted molar refractivity (Wildman–Crippen MR) is 93.3 cm³/mol. The summed E-state index contributed by atoms with van der Waals surface area (Å²) in [6.45, 7) is 3.78. The molecular weight excluding hydrogens is 348 g/mol. The average molecular weight is 364 g/mol. The Labute approximate surface area is 143 Å². The molecule has 3 aromatic rings. The predicted octanol–water partition coefficient (Wildman–Crippen LogP) is 3.55. The number of thiophene rings is 1. The van der Waals surface area contributed by atoms with Crippen molar-refractivity contribution in [2.75, 3.05) is 10.0 Å². The number of hydrogen-bond acceptors (Lipinski definition) is 7. The topological polar surface area (TPSA) is 97.1 Å². The molecule has 0 saturated carbocycles. The Morgan fingerprint density at radius 3 is 2.62 bits per heavy atom. The molecule has 0 amide bonds. The minimum absolute atomic E-state index is 0.291. The monoisotopic (exact) mass is 364 g/mol. The van der Waals surface area contributed by atoms with Crippen LogP contribution < -0.4 is 10.0 Å². The SMILES string of the molecule is CCc1ccc(S(=O)(=O)Nc2ccc(Nc3cc(C)on3)nc2)s1. The molecule has 7 nitrogen and oxygen atoms in total. The Morgan fingerprint density at radius 2 is 2.04 bits per heavy atom. The average Bonchev–Trinajstić information content (AvgIpc) is 3.18. The van der Waals surface area contributed by atoms with Gasteiger partial charge in [-0.05, 0) is 37.6 Å². The third kappa shape index (κ3) is 3.74. The number of hydrogen-bond donors (Lipinski definition) is 2. The lowest BCUT2D eigenvalue weighted by Gasteiger charge is -2.07. The van der Waals surface area contributed by atoms with Crippen LogP contribution in [-0.2, 0) is 16.4 Å². The second kappa shape index (κ2) is 6.62. The highest BCUT2D eigenvalue weighted by Gasteiger charge is 2.17. The molecule has 0 spiro atoms. The van der Waals surface area contributed by atoms with Crippen molar-refractivity contribution in [2.45, 2.75) is 24.5 Å². The van der Waals surface area contributed by atoms with E-state index in [9.17, 15) is 8.42 Å². The van der Waals surface area contributed by atoms with Crippen molar-refractivity contribution in [3.8, 4) is 0 Å². The number of pyridine rings is 1. The number of rotatable bonds is 6. The van der Waals surface area contributed by atoms with Crippen LogP contribution in [0.5, 0.6) is 0 Å².